The van der Waals surface area contributed by atoms with Crippen molar-refractivity contribution < 1.29 is 5.11 Å². The third kappa shape index (κ3) is 4.77. The molecule has 0 aromatic heterocycles. The molecule has 0 heterocycles. The van der Waals surface area contributed by atoms with Crippen LogP contribution in [0, 0.1) is 5.41 Å². The minimum Gasteiger partial charge on any atom is -0.379 e. The second-order valence-electron chi connectivity index (χ2n) is 5.58. The third-order valence-corrected chi connectivity index (χ3v) is 2.55. The highest BCUT2D eigenvalue weighted by Crippen LogP contribution is 2.21. The van der Waals surface area contributed by atoms with E-state index in [0.717, 1.165) is 6.42 Å². The van der Waals surface area contributed by atoms with Crippen molar-refractivity contribution in [3.05, 3.63) is 35.9 Å². The lowest BCUT2D eigenvalue weighted by molar-refractivity contribution is 0.0802. The van der Waals surface area contributed by atoms with Crippen LogP contribution in [0.25, 0.3) is 0 Å². The Hall–Kier alpha value is -0.860. The molecule has 2 unspecified atom stereocenters. The van der Waals surface area contributed by atoms with Crippen molar-refractivity contribution in [1.82, 2.24) is 5.32 Å². The predicted octanol–water partition coefficient (Wildman–Crippen LogP) is 3.09. The molecule has 0 aliphatic carbocycles. The van der Waals surface area contributed by atoms with Crippen LogP contribution in [0.15, 0.2) is 30.3 Å². The Morgan fingerprint density at radius 2 is 1.75 bits per heavy atom. The van der Waals surface area contributed by atoms with E-state index < -0.39 is 6.23 Å². The summed E-state index contributed by atoms with van der Waals surface area (Å²) < 4.78 is 0. The molecule has 0 saturated heterocycles. The summed E-state index contributed by atoms with van der Waals surface area (Å²) in [6, 6.07) is 10.4. The second-order valence-corrected chi connectivity index (χ2v) is 5.58. The summed E-state index contributed by atoms with van der Waals surface area (Å²) in [7, 11) is 0. The molecular formula is C14H23NO. The van der Waals surface area contributed by atoms with Crippen molar-refractivity contribution in [2.75, 3.05) is 0 Å². The largest absolute Gasteiger partial charge is 0.379 e. The molecule has 2 atom stereocenters. The van der Waals surface area contributed by atoms with E-state index in [1.54, 1.807) is 0 Å². The zero-order valence-electron chi connectivity index (χ0n) is 10.7. The molecule has 0 aliphatic heterocycles. The highest BCUT2D eigenvalue weighted by molar-refractivity contribution is 5.18. The number of hydrogen-bond acceptors (Lipinski definition) is 2. The first-order chi connectivity index (χ1) is 7.38. The van der Waals surface area contributed by atoms with Gasteiger partial charge in [0.1, 0.15) is 6.23 Å². The van der Waals surface area contributed by atoms with Gasteiger partial charge < -0.3 is 5.11 Å². The zero-order chi connectivity index (χ0) is 12.2. The maximum Gasteiger partial charge on any atom is 0.105 e. The first kappa shape index (κ1) is 13.2. The fraction of sp³-hybridized carbons (Fsp3) is 0.571. The first-order valence-electron chi connectivity index (χ1n) is 5.87. The number of aliphatic hydroxyl groups excluding tert-OH is 1. The third-order valence-electron chi connectivity index (χ3n) is 2.55. The van der Waals surface area contributed by atoms with Crippen molar-refractivity contribution in [3.63, 3.8) is 0 Å². The standard InChI is InChI=1S/C14H23NO/c1-11(12-8-6-5-7-9-12)15-13(16)10-14(2,3)4/h5-9,11,13,15-16H,10H2,1-4H3. The summed E-state index contributed by atoms with van der Waals surface area (Å²) in [5.74, 6) is 0. The molecule has 0 radical (unpaired) electrons. The van der Waals surface area contributed by atoms with Gasteiger partial charge >= 0.3 is 0 Å². The molecule has 90 valence electrons. The van der Waals surface area contributed by atoms with Gasteiger partial charge in [0.2, 0.25) is 0 Å². The first-order valence-corrected chi connectivity index (χ1v) is 5.87. The Morgan fingerprint density at radius 3 is 2.25 bits per heavy atom. The van der Waals surface area contributed by atoms with Gasteiger partial charge in [-0.25, -0.2) is 0 Å². The van der Waals surface area contributed by atoms with Gasteiger partial charge in [-0.05, 0) is 24.3 Å². The van der Waals surface area contributed by atoms with E-state index in [1.165, 1.54) is 5.56 Å². The van der Waals surface area contributed by atoms with E-state index in [2.05, 4.69) is 45.1 Å². The summed E-state index contributed by atoms with van der Waals surface area (Å²) in [5, 5.41) is 13.1. The average molecular weight is 221 g/mol. The van der Waals surface area contributed by atoms with E-state index in [-0.39, 0.29) is 11.5 Å². The van der Waals surface area contributed by atoms with Crippen molar-refractivity contribution in [2.45, 2.75) is 46.4 Å². The molecule has 0 fully saturated rings. The number of aliphatic hydroxyl groups is 1. The van der Waals surface area contributed by atoms with Gasteiger partial charge in [0.15, 0.2) is 0 Å². The van der Waals surface area contributed by atoms with Crippen molar-refractivity contribution >= 4 is 0 Å². The Labute approximate surface area is 98.7 Å². The SMILES string of the molecule is CC(NC(O)CC(C)(C)C)c1ccccc1. The van der Waals surface area contributed by atoms with Gasteiger partial charge in [0.05, 0.1) is 0 Å². The van der Waals surface area contributed by atoms with Gasteiger partial charge in [0, 0.05) is 6.04 Å². The normalized spacial score (nSPS) is 15.8. The molecule has 2 N–H and O–H groups in total. The fourth-order valence-corrected chi connectivity index (χ4v) is 1.77. The van der Waals surface area contributed by atoms with Crippen LogP contribution >= 0.6 is 0 Å². The van der Waals surface area contributed by atoms with Crippen molar-refractivity contribution in [3.8, 4) is 0 Å². The van der Waals surface area contributed by atoms with Crippen LogP contribution in [0.3, 0.4) is 0 Å². The molecule has 2 nitrogen and oxygen atoms in total. The Kier molecular flexibility index (Phi) is 4.51. The lowest BCUT2D eigenvalue weighted by atomic mass is 9.91. The molecule has 0 saturated carbocycles. The van der Waals surface area contributed by atoms with Crippen molar-refractivity contribution in [1.29, 1.82) is 0 Å². The lowest BCUT2D eigenvalue weighted by Gasteiger charge is -2.25. The molecule has 1 rings (SSSR count). The average Bonchev–Trinajstić information content (AvgIpc) is 2.16. The van der Waals surface area contributed by atoms with E-state index in [1.807, 2.05) is 18.2 Å². The number of nitrogens with one attached hydrogen (secondary N) is 1. The highest BCUT2D eigenvalue weighted by Gasteiger charge is 2.18. The molecule has 1 aromatic carbocycles. The Morgan fingerprint density at radius 1 is 1.19 bits per heavy atom. The summed E-state index contributed by atoms with van der Waals surface area (Å²) >= 11 is 0. The van der Waals surface area contributed by atoms with Crippen LogP contribution in [-0.4, -0.2) is 11.3 Å². The van der Waals surface area contributed by atoms with E-state index in [9.17, 15) is 5.11 Å². The highest BCUT2D eigenvalue weighted by atomic mass is 16.3. The van der Waals surface area contributed by atoms with Crippen LogP contribution in [0.4, 0.5) is 0 Å². The summed E-state index contributed by atoms with van der Waals surface area (Å²) in [5.41, 5.74) is 1.35. The summed E-state index contributed by atoms with van der Waals surface area (Å²) in [4.78, 5) is 0. The van der Waals surface area contributed by atoms with Gasteiger partial charge in [0.25, 0.3) is 0 Å². The van der Waals surface area contributed by atoms with Gasteiger partial charge in [-0.3, -0.25) is 5.32 Å². The maximum absolute atomic E-state index is 9.91. The van der Waals surface area contributed by atoms with E-state index >= 15 is 0 Å². The smallest absolute Gasteiger partial charge is 0.105 e. The zero-order valence-corrected chi connectivity index (χ0v) is 10.7. The molecule has 16 heavy (non-hydrogen) atoms. The quantitative estimate of drug-likeness (QED) is 0.766. The second kappa shape index (κ2) is 5.46. The van der Waals surface area contributed by atoms with Crippen LogP contribution in [0.5, 0.6) is 0 Å². The Bertz CT molecular complexity index is 302. The van der Waals surface area contributed by atoms with E-state index in [4.69, 9.17) is 0 Å². The molecule has 0 bridgehead atoms. The topological polar surface area (TPSA) is 32.3 Å². The Balaban J connectivity index is 2.49. The number of hydrogen-bond donors (Lipinski definition) is 2. The monoisotopic (exact) mass is 221 g/mol. The minimum atomic E-state index is -0.449. The molecule has 2 heteroatoms. The molecule has 0 amide bonds. The summed E-state index contributed by atoms with van der Waals surface area (Å²) in [6.07, 6.45) is 0.305. The fourth-order valence-electron chi connectivity index (χ4n) is 1.77. The van der Waals surface area contributed by atoms with Crippen molar-refractivity contribution in [2.24, 2.45) is 5.41 Å². The molecule has 0 spiro atoms. The lowest BCUT2D eigenvalue weighted by Crippen LogP contribution is -2.34. The van der Waals surface area contributed by atoms with Crippen LogP contribution in [0.2, 0.25) is 0 Å². The predicted molar refractivity (Wildman–Crippen MR) is 68.1 cm³/mol. The molecular weight excluding hydrogens is 198 g/mol. The van der Waals surface area contributed by atoms with Crippen LogP contribution < -0.4 is 5.32 Å². The number of rotatable bonds is 4. The number of benzene rings is 1. The minimum absolute atomic E-state index is 0.142. The van der Waals surface area contributed by atoms with Gasteiger partial charge in [-0.2, -0.15) is 0 Å². The van der Waals surface area contributed by atoms with Crippen LogP contribution in [0.1, 0.15) is 45.7 Å². The molecule has 0 aliphatic rings. The van der Waals surface area contributed by atoms with E-state index in [0.29, 0.717) is 0 Å². The van der Waals surface area contributed by atoms with Gasteiger partial charge in [-0.1, -0.05) is 51.1 Å². The summed E-state index contributed by atoms with van der Waals surface area (Å²) in [6.45, 7) is 8.46. The van der Waals surface area contributed by atoms with Gasteiger partial charge in [-0.15, -0.1) is 0 Å². The molecule has 1 aromatic rings. The maximum atomic E-state index is 9.91. The van der Waals surface area contributed by atoms with Crippen LogP contribution in [-0.2, 0) is 0 Å².